The number of rotatable bonds is 8. The second-order valence-electron chi connectivity index (χ2n) is 12.7. The molecule has 2 heterocycles. The summed E-state index contributed by atoms with van der Waals surface area (Å²) in [7, 11) is 0. The number of benzene rings is 6. The van der Waals surface area contributed by atoms with Crippen LogP contribution in [0.25, 0.3) is 70.5 Å². The Bertz CT molecular complexity index is 2560. The lowest BCUT2D eigenvalue weighted by atomic mass is 9.88. The fourth-order valence-corrected chi connectivity index (χ4v) is 7.49. The number of fused-ring (bicyclic) bond motifs is 6. The molecule has 0 fully saturated rings. The lowest BCUT2D eigenvalue weighted by molar-refractivity contribution is -0.383. The van der Waals surface area contributed by atoms with Gasteiger partial charge >= 0.3 is 0 Å². The van der Waals surface area contributed by atoms with E-state index in [9.17, 15) is 14.9 Å². The normalized spacial score (nSPS) is 12.7. The maximum absolute atomic E-state index is 14.3. The molecule has 0 radical (unpaired) electrons. The van der Waals surface area contributed by atoms with Crippen molar-refractivity contribution < 1.29 is 4.92 Å². The molecule has 6 heteroatoms. The van der Waals surface area contributed by atoms with Crippen molar-refractivity contribution in [1.29, 1.82) is 0 Å². The zero-order chi connectivity index (χ0) is 31.5. The van der Waals surface area contributed by atoms with E-state index >= 15 is 0 Å². The summed E-state index contributed by atoms with van der Waals surface area (Å²) in [6.07, 6.45) is 8.37. The molecule has 0 bridgehead atoms. The van der Waals surface area contributed by atoms with Crippen molar-refractivity contribution in [1.82, 2.24) is 9.38 Å². The fourth-order valence-electron chi connectivity index (χ4n) is 7.49. The van der Waals surface area contributed by atoms with Crippen LogP contribution in [0.5, 0.6) is 0 Å². The summed E-state index contributed by atoms with van der Waals surface area (Å²) in [5, 5.41) is 22.4. The third-order valence-electron chi connectivity index (χ3n) is 9.71. The molecule has 0 aliphatic heterocycles. The van der Waals surface area contributed by atoms with Crippen molar-refractivity contribution in [3.05, 3.63) is 98.8 Å². The van der Waals surface area contributed by atoms with Crippen LogP contribution in [0, 0.1) is 27.9 Å². The van der Waals surface area contributed by atoms with E-state index < -0.39 is 4.92 Å². The van der Waals surface area contributed by atoms with E-state index in [4.69, 9.17) is 4.98 Å². The van der Waals surface area contributed by atoms with Gasteiger partial charge in [-0.05, 0) is 62.3 Å². The zero-order valence-corrected chi connectivity index (χ0v) is 26.0. The maximum atomic E-state index is 14.3. The number of hydrogen-bond donors (Lipinski definition) is 0. The summed E-state index contributed by atoms with van der Waals surface area (Å²) in [6.45, 7) is 4.32. The number of unbranched alkanes of at least 4 members (excludes halogenated alkanes) is 5. The molecular weight excluding hydrogens is 570 g/mol. The molecule has 2 aromatic heterocycles. The minimum Gasteiger partial charge on any atom is -0.268 e. The quantitative estimate of drug-likeness (QED) is 0.0432. The highest BCUT2D eigenvalue weighted by molar-refractivity contribution is 6.37. The van der Waals surface area contributed by atoms with E-state index in [2.05, 4.69) is 68.2 Å². The van der Waals surface area contributed by atoms with E-state index in [-0.39, 0.29) is 22.7 Å². The van der Waals surface area contributed by atoms with Crippen molar-refractivity contribution in [2.24, 2.45) is 5.92 Å². The maximum Gasteiger partial charge on any atom is 0.298 e. The molecule has 0 saturated carbocycles. The van der Waals surface area contributed by atoms with Crippen molar-refractivity contribution in [3.63, 3.8) is 0 Å². The van der Waals surface area contributed by atoms with Gasteiger partial charge < -0.3 is 0 Å². The molecule has 6 nitrogen and oxygen atoms in total. The van der Waals surface area contributed by atoms with Gasteiger partial charge in [-0.2, -0.15) is 0 Å². The average Bonchev–Trinajstić information content (AvgIpc) is 3.46. The summed E-state index contributed by atoms with van der Waals surface area (Å²) in [6, 6.07) is 24.0. The Morgan fingerprint density at radius 3 is 2.15 bits per heavy atom. The Morgan fingerprint density at radius 2 is 1.43 bits per heavy atom. The standard InChI is InChI=1S/C40H33N3O3/c1-3-4-5-6-7-8-11-24(2)16-17-25-22-33-38(34(23-25)43(45)46)41-39-31-20-18-29-27-14-9-12-26-13-10-15-28(35(26)27)30-19-21-32(37(31)36(29)30)40(44)42(33)39/h9-10,12-15,18-24H,3-8,11H2,1-2H3. The highest BCUT2D eigenvalue weighted by Crippen LogP contribution is 2.43. The third-order valence-corrected chi connectivity index (χ3v) is 9.71. The monoisotopic (exact) mass is 603 g/mol. The first kappa shape index (κ1) is 28.2. The lowest BCUT2D eigenvalue weighted by Crippen LogP contribution is -2.13. The van der Waals surface area contributed by atoms with Crippen LogP contribution in [0.15, 0.2) is 77.6 Å². The summed E-state index contributed by atoms with van der Waals surface area (Å²) in [5.41, 5.74) is 1.19. The van der Waals surface area contributed by atoms with E-state index in [1.165, 1.54) is 48.9 Å². The summed E-state index contributed by atoms with van der Waals surface area (Å²) in [5.74, 6) is 6.66. The Kier molecular flexibility index (Phi) is 6.72. The molecule has 0 aliphatic carbocycles. The third kappa shape index (κ3) is 4.26. The molecule has 8 aromatic rings. The van der Waals surface area contributed by atoms with Crippen LogP contribution in [-0.4, -0.2) is 14.3 Å². The number of non-ortho nitro benzene ring substituents is 1. The number of nitro groups is 1. The van der Waals surface area contributed by atoms with E-state index in [0.29, 0.717) is 22.1 Å². The van der Waals surface area contributed by atoms with Crippen LogP contribution < -0.4 is 5.56 Å². The number of nitro benzene ring substituents is 1. The minimum atomic E-state index is -0.420. The largest absolute Gasteiger partial charge is 0.298 e. The molecule has 0 N–H and O–H groups in total. The average molecular weight is 604 g/mol. The van der Waals surface area contributed by atoms with Gasteiger partial charge in [0, 0.05) is 33.7 Å². The zero-order valence-electron chi connectivity index (χ0n) is 26.0. The SMILES string of the molecule is CCCCCCCCC(C)C#Cc1cc([N+](=O)[O-])c2nc3c4ccc5c6cccc7cccc(c8ccc(c(=O)n3c2c1)c4c85)c76. The topological polar surface area (TPSA) is 77.5 Å². The second-order valence-corrected chi connectivity index (χ2v) is 12.7. The smallest absolute Gasteiger partial charge is 0.268 e. The van der Waals surface area contributed by atoms with Crippen LogP contribution >= 0.6 is 0 Å². The summed E-state index contributed by atoms with van der Waals surface area (Å²) >= 11 is 0. The highest BCUT2D eigenvalue weighted by atomic mass is 16.6. The first-order valence-corrected chi connectivity index (χ1v) is 16.4. The van der Waals surface area contributed by atoms with E-state index in [1.54, 1.807) is 10.5 Å². The molecule has 46 heavy (non-hydrogen) atoms. The van der Waals surface area contributed by atoms with E-state index in [1.807, 2.05) is 18.2 Å². The Hall–Kier alpha value is -5.28. The number of aromatic nitrogens is 2. The number of hydrogen-bond acceptors (Lipinski definition) is 4. The minimum absolute atomic E-state index is 0.139. The summed E-state index contributed by atoms with van der Waals surface area (Å²) < 4.78 is 1.55. The Morgan fingerprint density at radius 1 is 0.804 bits per heavy atom. The molecule has 1 atom stereocenters. The van der Waals surface area contributed by atoms with Crippen molar-refractivity contribution in [3.8, 4) is 11.8 Å². The molecule has 0 spiro atoms. The van der Waals surface area contributed by atoms with Gasteiger partial charge in [0.25, 0.3) is 11.2 Å². The van der Waals surface area contributed by atoms with Crippen molar-refractivity contribution >= 4 is 76.2 Å². The summed E-state index contributed by atoms with van der Waals surface area (Å²) in [4.78, 5) is 31.0. The molecule has 1 unspecified atom stereocenters. The van der Waals surface area contributed by atoms with Gasteiger partial charge in [-0.1, -0.05) is 113 Å². The van der Waals surface area contributed by atoms with Crippen LogP contribution in [0.1, 0.15) is 64.4 Å². The fraction of sp³-hybridized carbons (Fsp3) is 0.250. The molecule has 8 rings (SSSR count). The van der Waals surface area contributed by atoms with Gasteiger partial charge in [0.05, 0.1) is 10.4 Å². The van der Waals surface area contributed by atoms with E-state index in [0.717, 1.165) is 50.5 Å². The lowest BCUT2D eigenvalue weighted by Gasteiger charge is -2.16. The van der Waals surface area contributed by atoms with Gasteiger partial charge in [0.15, 0.2) is 5.52 Å². The first-order valence-electron chi connectivity index (χ1n) is 16.4. The molecule has 226 valence electrons. The van der Waals surface area contributed by atoms with Gasteiger partial charge in [0.1, 0.15) is 5.65 Å². The highest BCUT2D eigenvalue weighted by Gasteiger charge is 2.24. The Labute approximate surface area is 265 Å². The van der Waals surface area contributed by atoms with Crippen LogP contribution in [0.4, 0.5) is 5.69 Å². The predicted molar refractivity (Wildman–Crippen MR) is 190 cm³/mol. The number of nitrogens with zero attached hydrogens (tertiary/aromatic N) is 3. The van der Waals surface area contributed by atoms with Gasteiger partial charge in [-0.3, -0.25) is 19.3 Å². The molecule has 0 amide bonds. The van der Waals surface area contributed by atoms with Crippen molar-refractivity contribution in [2.45, 2.75) is 58.8 Å². The van der Waals surface area contributed by atoms with Gasteiger partial charge in [-0.15, -0.1) is 0 Å². The van der Waals surface area contributed by atoms with Crippen LogP contribution in [-0.2, 0) is 0 Å². The first-order chi connectivity index (χ1) is 22.5. The number of pyridine rings is 1. The molecule has 0 aliphatic rings. The van der Waals surface area contributed by atoms with Gasteiger partial charge in [-0.25, -0.2) is 4.98 Å². The molecule has 6 aromatic carbocycles. The van der Waals surface area contributed by atoms with Crippen LogP contribution in [0.2, 0.25) is 0 Å². The number of imidazole rings is 1. The molecule has 0 saturated heterocycles. The van der Waals surface area contributed by atoms with Crippen LogP contribution in [0.3, 0.4) is 0 Å². The molecular formula is C40H33N3O3. The predicted octanol–water partition coefficient (Wildman–Crippen LogP) is 10.1. The van der Waals surface area contributed by atoms with Gasteiger partial charge in [0.2, 0.25) is 0 Å². The van der Waals surface area contributed by atoms with Crippen molar-refractivity contribution in [2.75, 3.05) is 0 Å². The Balaban J connectivity index is 1.32. The second kappa shape index (κ2) is 11.0.